The van der Waals surface area contributed by atoms with E-state index in [0.717, 1.165) is 57.6 Å². The van der Waals surface area contributed by atoms with E-state index in [4.69, 9.17) is 0 Å². The molecule has 2 aliphatic heterocycles. The zero-order chi connectivity index (χ0) is 14.8. The second kappa shape index (κ2) is 7.42. The molecule has 2 saturated heterocycles. The molecule has 1 aromatic heterocycles. The molecule has 0 bridgehead atoms. The Morgan fingerprint density at radius 3 is 2.68 bits per heavy atom. The summed E-state index contributed by atoms with van der Waals surface area (Å²) in [6.07, 6.45) is 4.37. The van der Waals surface area contributed by atoms with Crippen LogP contribution in [-0.2, 0) is 0 Å². The van der Waals surface area contributed by atoms with Crippen LogP contribution in [0.5, 0.6) is 0 Å². The molecule has 0 aromatic carbocycles. The van der Waals surface area contributed by atoms with Gasteiger partial charge in [0.1, 0.15) is 0 Å². The molecule has 0 saturated carbocycles. The van der Waals surface area contributed by atoms with Gasteiger partial charge in [-0.15, -0.1) is 17.5 Å². The number of nitrogens with zero attached hydrogens (tertiary/aromatic N) is 4. The predicted molar refractivity (Wildman–Crippen MR) is 87.4 cm³/mol. The summed E-state index contributed by atoms with van der Waals surface area (Å²) >= 11 is 0. The third-order valence-electron chi connectivity index (χ3n) is 4.93. The molecule has 3 heterocycles. The Labute approximate surface area is 138 Å². The van der Waals surface area contributed by atoms with Gasteiger partial charge in [-0.1, -0.05) is 18.6 Å². The van der Waals surface area contributed by atoms with Crippen molar-refractivity contribution in [2.45, 2.75) is 45.6 Å². The molecular weight excluding hydrogens is 302 g/mol. The van der Waals surface area contributed by atoms with E-state index < -0.39 is 0 Å². The van der Waals surface area contributed by atoms with E-state index in [1.807, 2.05) is 16.5 Å². The van der Waals surface area contributed by atoms with Crippen LogP contribution in [0.4, 0.5) is 0 Å². The van der Waals surface area contributed by atoms with Gasteiger partial charge in [0.15, 0.2) is 5.69 Å². The van der Waals surface area contributed by atoms with E-state index in [2.05, 4.69) is 22.6 Å². The fraction of sp³-hybridized carbons (Fsp3) is 0.800. The lowest BCUT2D eigenvalue weighted by Crippen LogP contribution is -2.31. The molecule has 0 radical (unpaired) electrons. The molecule has 0 spiro atoms. The maximum absolute atomic E-state index is 12.6. The van der Waals surface area contributed by atoms with Crippen molar-refractivity contribution in [1.82, 2.24) is 25.2 Å². The average Bonchev–Trinajstić information content (AvgIpc) is 3.14. The van der Waals surface area contributed by atoms with Crippen LogP contribution in [0.2, 0.25) is 0 Å². The summed E-state index contributed by atoms with van der Waals surface area (Å²) in [5.41, 5.74) is 1.47. The third-order valence-corrected chi connectivity index (χ3v) is 4.93. The van der Waals surface area contributed by atoms with Crippen LogP contribution >= 0.6 is 12.4 Å². The number of aromatic nitrogens is 3. The monoisotopic (exact) mass is 327 g/mol. The van der Waals surface area contributed by atoms with E-state index in [1.54, 1.807) is 0 Å². The standard InChI is InChI=1S/C15H25N5O.ClH/c1-3-12-6-9-19(10-12)15(21)14-11(2)20(18-17-14)13-4-7-16-8-5-13;/h12-13,16H,3-10H2,1-2H3;1H. The Morgan fingerprint density at radius 2 is 2.05 bits per heavy atom. The van der Waals surface area contributed by atoms with E-state index in [9.17, 15) is 4.79 Å². The molecule has 1 atom stereocenters. The zero-order valence-electron chi connectivity index (χ0n) is 13.4. The van der Waals surface area contributed by atoms with Gasteiger partial charge < -0.3 is 10.2 Å². The van der Waals surface area contributed by atoms with E-state index >= 15 is 0 Å². The zero-order valence-corrected chi connectivity index (χ0v) is 14.2. The number of hydrogen-bond donors (Lipinski definition) is 1. The lowest BCUT2D eigenvalue weighted by atomic mass is 10.1. The quantitative estimate of drug-likeness (QED) is 0.919. The molecular formula is C15H26ClN5O. The third kappa shape index (κ3) is 3.27. The van der Waals surface area contributed by atoms with Crippen molar-refractivity contribution in [2.24, 2.45) is 5.92 Å². The lowest BCUT2D eigenvalue weighted by molar-refractivity contribution is 0.0780. The first-order valence-electron chi connectivity index (χ1n) is 8.12. The molecule has 2 aliphatic rings. The van der Waals surface area contributed by atoms with Crippen molar-refractivity contribution in [2.75, 3.05) is 26.2 Å². The van der Waals surface area contributed by atoms with Crippen molar-refractivity contribution in [3.8, 4) is 0 Å². The van der Waals surface area contributed by atoms with E-state index in [1.165, 1.54) is 0 Å². The Kier molecular flexibility index (Phi) is 5.81. The number of amides is 1. The number of carbonyl (C=O) groups is 1. The number of halogens is 1. The smallest absolute Gasteiger partial charge is 0.276 e. The van der Waals surface area contributed by atoms with Crippen LogP contribution < -0.4 is 5.32 Å². The summed E-state index contributed by atoms with van der Waals surface area (Å²) in [7, 11) is 0. The van der Waals surface area contributed by atoms with Gasteiger partial charge >= 0.3 is 0 Å². The minimum atomic E-state index is 0. The summed E-state index contributed by atoms with van der Waals surface area (Å²) in [6.45, 7) is 7.92. The summed E-state index contributed by atoms with van der Waals surface area (Å²) in [5.74, 6) is 0.706. The van der Waals surface area contributed by atoms with Crippen molar-refractivity contribution in [3.05, 3.63) is 11.4 Å². The minimum Gasteiger partial charge on any atom is -0.337 e. The molecule has 7 heteroatoms. The summed E-state index contributed by atoms with van der Waals surface area (Å²) in [6, 6.07) is 0.377. The minimum absolute atomic E-state index is 0. The fourth-order valence-electron chi connectivity index (χ4n) is 3.44. The number of hydrogen-bond acceptors (Lipinski definition) is 4. The molecule has 6 nitrogen and oxygen atoms in total. The number of likely N-dealkylation sites (tertiary alicyclic amines) is 1. The highest BCUT2D eigenvalue weighted by molar-refractivity contribution is 5.93. The largest absolute Gasteiger partial charge is 0.337 e. The maximum Gasteiger partial charge on any atom is 0.276 e. The van der Waals surface area contributed by atoms with Gasteiger partial charge in [-0.25, -0.2) is 4.68 Å². The second-order valence-electron chi connectivity index (χ2n) is 6.26. The highest BCUT2D eigenvalue weighted by atomic mass is 35.5. The van der Waals surface area contributed by atoms with E-state index in [-0.39, 0.29) is 18.3 Å². The molecule has 1 N–H and O–H groups in total. The molecule has 124 valence electrons. The first kappa shape index (κ1) is 17.2. The highest BCUT2D eigenvalue weighted by Crippen LogP contribution is 2.24. The summed E-state index contributed by atoms with van der Waals surface area (Å²) < 4.78 is 1.96. The Balaban J connectivity index is 0.00000176. The number of nitrogens with one attached hydrogen (secondary N) is 1. The molecule has 1 amide bonds. The second-order valence-corrected chi connectivity index (χ2v) is 6.26. The van der Waals surface area contributed by atoms with Crippen LogP contribution in [-0.4, -0.2) is 52.0 Å². The molecule has 3 rings (SSSR count). The number of piperidine rings is 1. The van der Waals surface area contributed by atoms with Gasteiger partial charge in [0.05, 0.1) is 11.7 Å². The Hall–Kier alpha value is -1.14. The van der Waals surface area contributed by atoms with Crippen LogP contribution in [0.15, 0.2) is 0 Å². The van der Waals surface area contributed by atoms with E-state index in [0.29, 0.717) is 17.7 Å². The molecule has 1 unspecified atom stereocenters. The molecule has 0 aliphatic carbocycles. The first-order chi connectivity index (χ1) is 10.2. The van der Waals surface area contributed by atoms with Crippen LogP contribution in [0.25, 0.3) is 0 Å². The molecule has 2 fully saturated rings. The average molecular weight is 328 g/mol. The van der Waals surface area contributed by atoms with Gasteiger partial charge in [0.2, 0.25) is 0 Å². The van der Waals surface area contributed by atoms with Crippen LogP contribution in [0.1, 0.15) is 54.8 Å². The Bertz CT molecular complexity index is 512. The number of rotatable bonds is 3. The van der Waals surface area contributed by atoms with Crippen molar-refractivity contribution < 1.29 is 4.79 Å². The van der Waals surface area contributed by atoms with Crippen molar-refractivity contribution in [1.29, 1.82) is 0 Å². The highest BCUT2D eigenvalue weighted by Gasteiger charge is 2.30. The van der Waals surface area contributed by atoms with Crippen LogP contribution in [0, 0.1) is 12.8 Å². The topological polar surface area (TPSA) is 63.1 Å². The molecule has 22 heavy (non-hydrogen) atoms. The number of carbonyl (C=O) groups excluding carboxylic acids is 1. The Morgan fingerprint density at radius 1 is 1.32 bits per heavy atom. The van der Waals surface area contributed by atoms with Crippen molar-refractivity contribution >= 4 is 18.3 Å². The maximum atomic E-state index is 12.6. The molecule has 1 aromatic rings. The predicted octanol–water partition coefficient (Wildman–Crippen LogP) is 1.80. The summed E-state index contributed by atoms with van der Waals surface area (Å²) in [5, 5.41) is 11.8. The normalized spacial score (nSPS) is 22.6. The van der Waals surface area contributed by atoms with Gasteiger partial charge in [-0.05, 0) is 45.2 Å². The van der Waals surface area contributed by atoms with Crippen LogP contribution in [0.3, 0.4) is 0 Å². The van der Waals surface area contributed by atoms with Gasteiger partial charge in [-0.3, -0.25) is 4.79 Å². The van der Waals surface area contributed by atoms with Gasteiger partial charge in [0, 0.05) is 13.1 Å². The van der Waals surface area contributed by atoms with Crippen molar-refractivity contribution in [3.63, 3.8) is 0 Å². The lowest BCUT2D eigenvalue weighted by Gasteiger charge is -2.23. The SMILES string of the molecule is CCC1CCN(C(=O)c2nnn(C3CCNCC3)c2C)C1.Cl. The fourth-order valence-corrected chi connectivity index (χ4v) is 3.44. The first-order valence-corrected chi connectivity index (χ1v) is 8.12. The van der Waals surface area contributed by atoms with Gasteiger partial charge in [-0.2, -0.15) is 0 Å². The summed E-state index contributed by atoms with van der Waals surface area (Å²) in [4.78, 5) is 14.6. The van der Waals surface area contributed by atoms with Gasteiger partial charge in [0.25, 0.3) is 5.91 Å².